The van der Waals surface area contributed by atoms with Gasteiger partial charge in [0.1, 0.15) is 5.69 Å². The van der Waals surface area contributed by atoms with Gasteiger partial charge in [-0.3, -0.25) is 14.6 Å². The molecular weight excluding hydrogens is 322 g/mol. The molecule has 8 heteroatoms. The summed E-state index contributed by atoms with van der Waals surface area (Å²) in [7, 11) is 0. The molecule has 2 N–H and O–H groups in total. The Morgan fingerprint density at radius 2 is 2.24 bits per heavy atom. The number of hydrogen-bond donors (Lipinski definition) is 2. The highest BCUT2D eigenvalue weighted by Gasteiger charge is 2.45. The molecule has 3 atom stereocenters. The number of rotatable bonds is 4. The van der Waals surface area contributed by atoms with Gasteiger partial charge in [-0.05, 0) is 12.1 Å². The second-order valence-corrected chi connectivity index (χ2v) is 6.42. The fourth-order valence-corrected chi connectivity index (χ4v) is 3.54. The number of nitrogens with one attached hydrogen (secondary N) is 2. The number of aromatic nitrogens is 3. The highest BCUT2D eigenvalue weighted by atomic mass is 16.5. The van der Waals surface area contributed by atoms with Gasteiger partial charge in [-0.2, -0.15) is 0 Å². The molecule has 0 bridgehead atoms. The van der Waals surface area contributed by atoms with E-state index in [1.165, 1.54) is 12.5 Å². The summed E-state index contributed by atoms with van der Waals surface area (Å²) in [6.07, 6.45) is 6.24. The molecule has 2 aliphatic heterocycles. The molecule has 4 rings (SSSR count). The zero-order valence-corrected chi connectivity index (χ0v) is 13.6. The summed E-state index contributed by atoms with van der Waals surface area (Å²) in [5.41, 5.74) is 1.03. The van der Waals surface area contributed by atoms with Crippen molar-refractivity contribution in [3.63, 3.8) is 0 Å². The molecule has 0 radical (unpaired) electrons. The summed E-state index contributed by atoms with van der Waals surface area (Å²) in [5, 5.41) is 2.95. The third-order valence-electron chi connectivity index (χ3n) is 4.90. The van der Waals surface area contributed by atoms with Gasteiger partial charge in [0.15, 0.2) is 0 Å². The topological polar surface area (TPSA) is 100 Å². The van der Waals surface area contributed by atoms with E-state index < -0.39 is 0 Å². The standard InChI is InChI=1S/C17H19N5O3/c23-16(11-2-1-3-18-4-11)20-5-12-9-25-15-8-22(7-13(12)15)17(24)14-6-19-10-21-14/h1-4,6,10,12-13,15H,5,7-9H2,(H,19,21)(H,20,23)/t12-,13+,15+/m0/s1. The molecule has 0 aromatic carbocycles. The Kier molecular flexibility index (Phi) is 4.19. The van der Waals surface area contributed by atoms with E-state index in [4.69, 9.17) is 4.74 Å². The van der Waals surface area contributed by atoms with Crippen molar-refractivity contribution in [1.29, 1.82) is 0 Å². The Labute approximate surface area is 144 Å². The summed E-state index contributed by atoms with van der Waals surface area (Å²) in [5.74, 6) is 0.236. The van der Waals surface area contributed by atoms with Crippen LogP contribution in [0, 0.1) is 11.8 Å². The molecule has 2 saturated heterocycles. The molecule has 2 aliphatic rings. The number of carbonyl (C=O) groups is 2. The monoisotopic (exact) mass is 341 g/mol. The predicted molar refractivity (Wildman–Crippen MR) is 87.8 cm³/mol. The zero-order chi connectivity index (χ0) is 17.2. The molecular formula is C17H19N5O3. The van der Waals surface area contributed by atoms with Gasteiger partial charge in [0.25, 0.3) is 11.8 Å². The summed E-state index contributed by atoms with van der Waals surface area (Å²) in [6.45, 7) is 2.35. The number of carbonyl (C=O) groups excluding carboxylic acids is 2. The van der Waals surface area contributed by atoms with Crippen molar-refractivity contribution in [3.8, 4) is 0 Å². The average Bonchev–Trinajstić information content (AvgIpc) is 3.37. The third kappa shape index (κ3) is 3.12. The lowest BCUT2D eigenvalue weighted by atomic mass is 9.93. The number of nitrogens with zero attached hydrogens (tertiary/aromatic N) is 3. The minimum Gasteiger partial charge on any atom is -0.376 e. The molecule has 0 aliphatic carbocycles. The number of amides is 2. The summed E-state index contributed by atoms with van der Waals surface area (Å²) in [6, 6.07) is 3.47. The molecule has 2 fully saturated rings. The van der Waals surface area contributed by atoms with Crippen LogP contribution in [0.5, 0.6) is 0 Å². The van der Waals surface area contributed by atoms with Gasteiger partial charge in [0, 0.05) is 43.9 Å². The highest BCUT2D eigenvalue weighted by Crippen LogP contribution is 2.33. The third-order valence-corrected chi connectivity index (χ3v) is 4.90. The van der Waals surface area contributed by atoms with Gasteiger partial charge in [-0.1, -0.05) is 0 Å². The Balaban J connectivity index is 1.34. The molecule has 0 unspecified atom stereocenters. The maximum absolute atomic E-state index is 12.4. The number of hydrogen-bond acceptors (Lipinski definition) is 5. The lowest BCUT2D eigenvalue weighted by Gasteiger charge is -2.19. The Morgan fingerprint density at radius 3 is 3.00 bits per heavy atom. The largest absolute Gasteiger partial charge is 0.376 e. The van der Waals surface area contributed by atoms with Crippen LogP contribution in [0.15, 0.2) is 37.1 Å². The van der Waals surface area contributed by atoms with Crippen molar-refractivity contribution in [2.45, 2.75) is 6.10 Å². The van der Waals surface area contributed by atoms with E-state index >= 15 is 0 Å². The van der Waals surface area contributed by atoms with Gasteiger partial charge < -0.3 is 19.9 Å². The maximum atomic E-state index is 12.4. The molecule has 8 nitrogen and oxygen atoms in total. The fraction of sp³-hybridized carbons (Fsp3) is 0.412. The van der Waals surface area contributed by atoms with Gasteiger partial charge in [-0.15, -0.1) is 0 Å². The van der Waals surface area contributed by atoms with Crippen LogP contribution < -0.4 is 5.32 Å². The van der Waals surface area contributed by atoms with Gasteiger partial charge in [-0.25, -0.2) is 4.98 Å². The van der Waals surface area contributed by atoms with Gasteiger partial charge >= 0.3 is 0 Å². The van der Waals surface area contributed by atoms with Crippen LogP contribution in [0.25, 0.3) is 0 Å². The van der Waals surface area contributed by atoms with Crippen molar-refractivity contribution in [1.82, 2.24) is 25.2 Å². The zero-order valence-electron chi connectivity index (χ0n) is 13.6. The van der Waals surface area contributed by atoms with E-state index in [9.17, 15) is 9.59 Å². The second kappa shape index (κ2) is 6.64. The van der Waals surface area contributed by atoms with Crippen LogP contribution in [-0.4, -0.2) is 64.0 Å². The molecule has 2 amide bonds. The van der Waals surface area contributed by atoms with Crippen LogP contribution >= 0.6 is 0 Å². The van der Waals surface area contributed by atoms with E-state index in [-0.39, 0.29) is 29.8 Å². The Bertz CT molecular complexity index is 749. The minimum atomic E-state index is -0.139. The van der Waals surface area contributed by atoms with Crippen molar-refractivity contribution in [2.75, 3.05) is 26.2 Å². The quantitative estimate of drug-likeness (QED) is 0.834. The highest BCUT2D eigenvalue weighted by molar-refractivity contribution is 5.93. The number of imidazole rings is 1. The molecule has 4 heterocycles. The first-order chi connectivity index (χ1) is 12.2. The number of fused-ring (bicyclic) bond motifs is 1. The van der Waals surface area contributed by atoms with E-state index in [0.29, 0.717) is 37.5 Å². The van der Waals surface area contributed by atoms with Crippen molar-refractivity contribution in [3.05, 3.63) is 48.3 Å². The fourth-order valence-electron chi connectivity index (χ4n) is 3.54. The number of likely N-dealkylation sites (tertiary alicyclic amines) is 1. The molecule has 2 aromatic rings. The number of aromatic amines is 1. The minimum absolute atomic E-state index is 0.0344. The number of H-pyrrole nitrogens is 1. The summed E-state index contributed by atoms with van der Waals surface area (Å²) in [4.78, 5) is 37.1. The molecule has 130 valence electrons. The predicted octanol–water partition coefficient (Wildman–Crippen LogP) is 0.322. The number of pyridine rings is 1. The van der Waals surface area contributed by atoms with Crippen LogP contribution in [0.4, 0.5) is 0 Å². The molecule has 2 aromatic heterocycles. The van der Waals surface area contributed by atoms with Gasteiger partial charge in [0.2, 0.25) is 0 Å². The van der Waals surface area contributed by atoms with Crippen molar-refractivity contribution < 1.29 is 14.3 Å². The summed E-state index contributed by atoms with van der Waals surface area (Å²) >= 11 is 0. The van der Waals surface area contributed by atoms with Crippen LogP contribution in [0.1, 0.15) is 20.8 Å². The lowest BCUT2D eigenvalue weighted by Crippen LogP contribution is -2.35. The lowest BCUT2D eigenvalue weighted by molar-refractivity contribution is 0.0670. The van der Waals surface area contributed by atoms with E-state index in [1.54, 1.807) is 29.4 Å². The van der Waals surface area contributed by atoms with Crippen LogP contribution in [-0.2, 0) is 4.74 Å². The summed E-state index contributed by atoms with van der Waals surface area (Å²) < 4.78 is 5.84. The van der Waals surface area contributed by atoms with Crippen LogP contribution in [0.3, 0.4) is 0 Å². The van der Waals surface area contributed by atoms with E-state index in [1.807, 2.05) is 0 Å². The maximum Gasteiger partial charge on any atom is 0.272 e. The SMILES string of the molecule is O=C(NC[C@H]1CO[C@@H]2CN(C(=O)c3cnc[nH]3)C[C@H]12)c1cccnc1. The molecule has 25 heavy (non-hydrogen) atoms. The number of ether oxygens (including phenoxy) is 1. The Morgan fingerprint density at radius 1 is 1.32 bits per heavy atom. The normalized spacial score (nSPS) is 25.0. The van der Waals surface area contributed by atoms with E-state index in [2.05, 4.69) is 20.3 Å². The van der Waals surface area contributed by atoms with Crippen LogP contribution in [0.2, 0.25) is 0 Å². The first-order valence-electron chi connectivity index (χ1n) is 8.30. The molecule has 0 saturated carbocycles. The van der Waals surface area contributed by atoms with E-state index in [0.717, 1.165) is 0 Å². The van der Waals surface area contributed by atoms with Crippen molar-refractivity contribution >= 4 is 11.8 Å². The smallest absolute Gasteiger partial charge is 0.272 e. The van der Waals surface area contributed by atoms with Gasteiger partial charge in [0.05, 0.1) is 30.8 Å². The van der Waals surface area contributed by atoms with Crippen molar-refractivity contribution in [2.24, 2.45) is 11.8 Å². The average molecular weight is 341 g/mol. The Hall–Kier alpha value is -2.74. The molecule has 0 spiro atoms. The first kappa shape index (κ1) is 15.8. The second-order valence-electron chi connectivity index (χ2n) is 6.42. The first-order valence-corrected chi connectivity index (χ1v) is 8.30.